The van der Waals surface area contributed by atoms with Crippen LogP contribution in [0.5, 0.6) is 5.75 Å². The molecule has 0 amide bonds. The SMILES string of the molecule is [O]c1ccc2ccc(C3CCCc4ccc5c(ccc6ccccc65)c43)nc2c1. The lowest BCUT2D eigenvalue weighted by Gasteiger charge is -2.27. The van der Waals surface area contributed by atoms with Gasteiger partial charge in [-0.3, -0.25) is 10.1 Å². The number of fused-ring (bicyclic) bond motifs is 6. The van der Waals surface area contributed by atoms with Crippen LogP contribution in [0.15, 0.2) is 78.9 Å². The standard InChI is InChI=1S/C27H20NO/c29-20-12-8-18-11-15-25(28-26(18)16-20)24-7-3-5-19-10-13-22-21-6-2-1-4-17(21)9-14-23(22)27(19)24/h1-2,4,6,8-16,24H,3,5,7H2. The van der Waals surface area contributed by atoms with E-state index in [1.165, 1.54) is 32.7 Å². The summed E-state index contributed by atoms with van der Waals surface area (Å²) < 4.78 is 0. The molecular formula is C27H20NO. The van der Waals surface area contributed by atoms with E-state index in [2.05, 4.69) is 60.7 Å². The van der Waals surface area contributed by atoms with Gasteiger partial charge in [0.1, 0.15) is 0 Å². The van der Waals surface area contributed by atoms with Crippen molar-refractivity contribution in [3.05, 3.63) is 95.7 Å². The first kappa shape index (κ1) is 16.6. The zero-order valence-corrected chi connectivity index (χ0v) is 16.1. The molecule has 4 aromatic carbocycles. The molecule has 0 bridgehead atoms. The maximum absolute atomic E-state index is 11.8. The van der Waals surface area contributed by atoms with Crippen LogP contribution in [0.1, 0.15) is 35.6 Å². The zero-order valence-electron chi connectivity index (χ0n) is 16.1. The third-order valence-corrected chi connectivity index (χ3v) is 6.39. The highest BCUT2D eigenvalue weighted by Gasteiger charge is 2.25. The van der Waals surface area contributed by atoms with E-state index < -0.39 is 0 Å². The Bertz CT molecular complexity index is 1400. The second-order valence-electron chi connectivity index (χ2n) is 8.06. The minimum atomic E-state index is 0.0168. The molecule has 0 N–H and O–H groups in total. The van der Waals surface area contributed by atoms with Gasteiger partial charge in [0.25, 0.3) is 0 Å². The van der Waals surface area contributed by atoms with Crippen LogP contribution in [-0.2, 0) is 11.5 Å². The Hall–Kier alpha value is -3.39. The van der Waals surface area contributed by atoms with Crippen LogP contribution in [0.4, 0.5) is 0 Å². The van der Waals surface area contributed by atoms with E-state index in [4.69, 9.17) is 4.98 Å². The zero-order chi connectivity index (χ0) is 19.4. The average molecular weight is 374 g/mol. The number of pyridine rings is 1. The van der Waals surface area contributed by atoms with Crippen molar-refractivity contribution in [2.75, 3.05) is 0 Å². The molecule has 1 radical (unpaired) electrons. The Labute approximate surface area is 169 Å². The van der Waals surface area contributed by atoms with Gasteiger partial charge in [0, 0.05) is 23.1 Å². The summed E-state index contributed by atoms with van der Waals surface area (Å²) in [5.41, 5.74) is 4.73. The highest BCUT2D eigenvalue weighted by Crippen LogP contribution is 2.42. The van der Waals surface area contributed by atoms with Gasteiger partial charge in [-0.2, -0.15) is 0 Å². The number of rotatable bonds is 1. The number of benzene rings is 4. The van der Waals surface area contributed by atoms with Crippen molar-refractivity contribution in [3.63, 3.8) is 0 Å². The van der Waals surface area contributed by atoms with Crippen LogP contribution in [0.2, 0.25) is 0 Å². The minimum absolute atomic E-state index is 0.0168. The van der Waals surface area contributed by atoms with Crippen molar-refractivity contribution in [3.8, 4) is 5.75 Å². The average Bonchev–Trinajstić information content (AvgIpc) is 2.77. The quantitative estimate of drug-likeness (QED) is 0.287. The molecule has 1 aliphatic carbocycles. The molecule has 0 saturated carbocycles. The van der Waals surface area contributed by atoms with Crippen molar-refractivity contribution in [2.45, 2.75) is 25.2 Å². The summed E-state index contributed by atoms with van der Waals surface area (Å²) in [5, 5.41) is 18.1. The lowest BCUT2D eigenvalue weighted by molar-refractivity contribution is 0.355. The second kappa shape index (κ2) is 6.31. The maximum atomic E-state index is 11.8. The van der Waals surface area contributed by atoms with E-state index in [-0.39, 0.29) is 11.7 Å². The maximum Gasteiger partial charge on any atom is 0.180 e. The van der Waals surface area contributed by atoms with Gasteiger partial charge in [-0.1, -0.05) is 54.6 Å². The largest absolute Gasteiger partial charge is 0.290 e. The fourth-order valence-electron chi connectivity index (χ4n) is 5.03. The normalized spacial score (nSPS) is 16.3. The summed E-state index contributed by atoms with van der Waals surface area (Å²) in [5.74, 6) is 0.284. The first-order valence-corrected chi connectivity index (χ1v) is 10.3. The lowest BCUT2D eigenvalue weighted by atomic mass is 9.77. The molecule has 0 fully saturated rings. The van der Waals surface area contributed by atoms with Crippen molar-refractivity contribution in [2.24, 2.45) is 0 Å². The Morgan fingerprint density at radius 2 is 1.59 bits per heavy atom. The van der Waals surface area contributed by atoms with Gasteiger partial charge in [-0.05, 0) is 70.1 Å². The highest BCUT2D eigenvalue weighted by atomic mass is 16.3. The number of nitrogens with zero attached hydrogens (tertiary/aromatic N) is 1. The summed E-state index contributed by atoms with van der Waals surface area (Å²) in [4.78, 5) is 4.93. The molecule has 1 atom stereocenters. The van der Waals surface area contributed by atoms with Gasteiger partial charge in [0.2, 0.25) is 0 Å². The van der Waals surface area contributed by atoms with Gasteiger partial charge < -0.3 is 0 Å². The topological polar surface area (TPSA) is 32.8 Å². The van der Waals surface area contributed by atoms with E-state index in [1.807, 2.05) is 6.07 Å². The summed E-state index contributed by atoms with van der Waals surface area (Å²) in [7, 11) is 0. The Balaban J connectivity index is 1.61. The molecule has 6 rings (SSSR count). The van der Waals surface area contributed by atoms with Gasteiger partial charge in [-0.15, -0.1) is 0 Å². The number of aryl methyl sites for hydroxylation is 1. The molecule has 5 aromatic rings. The summed E-state index contributed by atoms with van der Waals surface area (Å²) in [6, 6.07) is 27.1. The molecule has 1 heterocycles. The van der Waals surface area contributed by atoms with E-state index >= 15 is 0 Å². The predicted molar refractivity (Wildman–Crippen MR) is 118 cm³/mol. The smallest absolute Gasteiger partial charge is 0.180 e. The van der Waals surface area contributed by atoms with Crippen LogP contribution in [-0.4, -0.2) is 4.98 Å². The number of aromatic nitrogens is 1. The second-order valence-corrected chi connectivity index (χ2v) is 8.06. The first-order valence-electron chi connectivity index (χ1n) is 10.3. The van der Waals surface area contributed by atoms with Crippen molar-refractivity contribution < 1.29 is 5.11 Å². The molecule has 1 aromatic heterocycles. The highest BCUT2D eigenvalue weighted by molar-refractivity contribution is 6.09. The molecule has 1 aliphatic rings. The minimum Gasteiger partial charge on any atom is -0.290 e. The molecule has 0 saturated heterocycles. The van der Waals surface area contributed by atoms with Crippen LogP contribution in [0.3, 0.4) is 0 Å². The molecule has 139 valence electrons. The number of hydrogen-bond acceptors (Lipinski definition) is 1. The van der Waals surface area contributed by atoms with Crippen molar-refractivity contribution >= 4 is 32.4 Å². The molecule has 0 spiro atoms. The first-order chi connectivity index (χ1) is 14.3. The molecule has 29 heavy (non-hydrogen) atoms. The monoisotopic (exact) mass is 374 g/mol. The van der Waals surface area contributed by atoms with E-state index in [0.717, 1.165) is 35.9 Å². The van der Waals surface area contributed by atoms with E-state index in [0.29, 0.717) is 0 Å². The Kier molecular flexibility index (Phi) is 3.60. The van der Waals surface area contributed by atoms with Crippen LogP contribution < -0.4 is 0 Å². The third-order valence-electron chi connectivity index (χ3n) is 6.39. The van der Waals surface area contributed by atoms with Crippen molar-refractivity contribution in [1.82, 2.24) is 4.98 Å². The number of hydrogen-bond donors (Lipinski definition) is 0. The molecule has 1 unspecified atom stereocenters. The van der Waals surface area contributed by atoms with Gasteiger partial charge in [0.05, 0.1) is 5.52 Å². The summed E-state index contributed by atoms with van der Waals surface area (Å²) in [6.45, 7) is 0. The lowest BCUT2D eigenvalue weighted by Crippen LogP contribution is -2.13. The van der Waals surface area contributed by atoms with E-state index in [1.54, 1.807) is 12.1 Å². The van der Waals surface area contributed by atoms with Gasteiger partial charge in [-0.25, -0.2) is 0 Å². The fraction of sp³-hybridized carbons (Fsp3) is 0.148. The third kappa shape index (κ3) is 2.60. The van der Waals surface area contributed by atoms with Crippen molar-refractivity contribution in [1.29, 1.82) is 0 Å². The van der Waals surface area contributed by atoms with Gasteiger partial charge >= 0.3 is 0 Å². The van der Waals surface area contributed by atoms with E-state index in [9.17, 15) is 5.11 Å². The fourth-order valence-corrected chi connectivity index (χ4v) is 5.03. The summed E-state index contributed by atoms with van der Waals surface area (Å²) in [6.07, 6.45) is 3.37. The Morgan fingerprint density at radius 1 is 0.759 bits per heavy atom. The molecule has 2 nitrogen and oxygen atoms in total. The predicted octanol–water partition coefficient (Wildman–Crippen LogP) is 7.15. The Morgan fingerprint density at radius 3 is 2.55 bits per heavy atom. The van der Waals surface area contributed by atoms with Gasteiger partial charge in [0.15, 0.2) is 5.75 Å². The van der Waals surface area contributed by atoms with Crippen LogP contribution in [0.25, 0.3) is 32.4 Å². The molecule has 0 aliphatic heterocycles. The summed E-state index contributed by atoms with van der Waals surface area (Å²) >= 11 is 0. The van der Waals surface area contributed by atoms with Crippen LogP contribution >= 0.6 is 0 Å². The van der Waals surface area contributed by atoms with Crippen LogP contribution in [0, 0.1) is 0 Å². The molecular weight excluding hydrogens is 354 g/mol. The molecule has 2 heteroatoms.